The first kappa shape index (κ1) is 22.6. The van der Waals surface area contributed by atoms with Crippen molar-refractivity contribution in [1.29, 1.82) is 0 Å². The molecule has 168 valence electrons. The molecule has 1 saturated heterocycles. The Morgan fingerprint density at radius 3 is 2.42 bits per heavy atom. The largest absolute Gasteiger partial charge is 0.497 e. The van der Waals surface area contributed by atoms with Crippen LogP contribution in [0.5, 0.6) is 5.75 Å². The molecule has 0 radical (unpaired) electrons. The maximum atomic E-state index is 12.2. The Bertz CT molecular complexity index is 912. The van der Waals surface area contributed by atoms with Gasteiger partial charge in [0.05, 0.1) is 39.5 Å². The molecular weight excluding hydrogens is 402 g/mol. The van der Waals surface area contributed by atoms with Crippen LogP contribution in [-0.2, 0) is 31.0 Å². The number of imidazole rings is 1. The van der Waals surface area contributed by atoms with Crippen LogP contribution in [0.4, 0.5) is 4.79 Å². The van der Waals surface area contributed by atoms with E-state index in [1.165, 1.54) is 7.11 Å². The van der Waals surface area contributed by atoms with Gasteiger partial charge >= 0.3 is 12.1 Å². The number of alkyl carbamates (subject to hydrolysis) is 1. The first-order chi connectivity index (χ1) is 14.7. The van der Waals surface area contributed by atoms with Gasteiger partial charge in [-0.2, -0.15) is 0 Å². The first-order valence-corrected chi connectivity index (χ1v) is 10.00. The summed E-state index contributed by atoms with van der Waals surface area (Å²) in [6, 6.07) is 6.90. The molecule has 3 rings (SSSR count). The van der Waals surface area contributed by atoms with E-state index in [-0.39, 0.29) is 12.0 Å². The van der Waals surface area contributed by atoms with Gasteiger partial charge in [-0.25, -0.2) is 14.6 Å². The van der Waals surface area contributed by atoms with Crippen LogP contribution >= 0.6 is 0 Å². The highest BCUT2D eigenvalue weighted by molar-refractivity contribution is 5.81. The monoisotopic (exact) mass is 431 g/mol. The summed E-state index contributed by atoms with van der Waals surface area (Å²) in [7, 11) is 2.90. The summed E-state index contributed by atoms with van der Waals surface area (Å²) >= 11 is 0. The summed E-state index contributed by atoms with van der Waals surface area (Å²) in [5.74, 6) is 0.205. The molecule has 9 heteroatoms. The second-order valence-corrected chi connectivity index (χ2v) is 8.45. The number of nitrogens with one attached hydrogen (secondary N) is 1. The van der Waals surface area contributed by atoms with Crippen LogP contribution in [0, 0.1) is 0 Å². The lowest BCUT2D eigenvalue weighted by molar-refractivity contribution is -0.143. The number of carbonyl (C=O) groups is 2. The number of benzene rings is 1. The standard InChI is InChI=1S/C22H29N3O6/c1-21(2,3)31-20(27)24-18(19(26)29-5)10-16-11-25(14-23-16)22(12-30-13-22)15-6-8-17(28-4)9-7-15/h6-9,11,14,18H,10,12-13H2,1-5H3,(H,24,27)/t18-/m0/s1. The molecule has 0 bridgehead atoms. The lowest BCUT2D eigenvalue weighted by Crippen LogP contribution is -2.52. The predicted octanol–water partition coefficient (Wildman–Crippen LogP) is 2.27. The molecule has 1 fully saturated rings. The van der Waals surface area contributed by atoms with E-state index in [1.54, 1.807) is 34.2 Å². The highest BCUT2D eigenvalue weighted by atomic mass is 16.6. The summed E-state index contributed by atoms with van der Waals surface area (Å²) in [6.07, 6.45) is 3.05. The number of amides is 1. The SMILES string of the molecule is COC(=O)[C@H](Cc1cn(C2(c3ccc(OC)cc3)COC2)cn1)NC(=O)OC(C)(C)C. The fourth-order valence-electron chi connectivity index (χ4n) is 3.36. The molecule has 9 nitrogen and oxygen atoms in total. The van der Waals surface area contributed by atoms with E-state index >= 15 is 0 Å². The molecule has 31 heavy (non-hydrogen) atoms. The fraction of sp³-hybridized carbons (Fsp3) is 0.500. The van der Waals surface area contributed by atoms with Gasteiger partial charge in [-0.3, -0.25) is 0 Å². The third kappa shape index (κ3) is 5.16. The third-order valence-electron chi connectivity index (χ3n) is 5.03. The molecule has 1 atom stereocenters. The zero-order valence-electron chi connectivity index (χ0n) is 18.5. The number of aromatic nitrogens is 2. The lowest BCUT2D eigenvalue weighted by atomic mass is 9.87. The van der Waals surface area contributed by atoms with E-state index in [1.807, 2.05) is 35.0 Å². The summed E-state index contributed by atoms with van der Waals surface area (Å²) < 4.78 is 22.8. The molecule has 2 aromatic rings. The van der Waals surface area contributed by atoms with Crippen LogP contribution in [0.1, 0.15) is 32.0 Å². The summed E-state index contributed by atoms with van der Waals surface area (Å²) in [5.41, 5.74) is 0.643. The minimum Gasteiger partial charge on any atom is -0.497 e. The number of esters is 1. The van der Waals surface area contributed by atoms with Gasteiger partial charge in [-0.05, 0) is 38.5 Å². The number of carbonyl (C=O) groups excluding carboxylic acids is 2. The van der Waals surface area contributed by atoms with Crippen LogP contribution in [0.3, 0.4) is 0 Å². The number of ether oxygens (including phenoxy) is 4. The second kappa shape index (κ2) is 8.97. The van der Waals surface area contributed by atoms with Crippen molar-refractivity contribution in [1.82, 2.24) is 14.9 Å². The van der Waals surface area contributed by atoms with Crippen LogP contribution < -0.4 is 10.1 Å². The van der Waals surface area contributed by atoms with Gasteiger partial charge in [0, 0.05) is 12.6 Å². The zero-order chi connectivity index (χ0) is 22.6. The van der Waals surface area contributed by atoms with Crippen molar-refractivity contribution >= 4 is 12.1 Å². The van der Waals surface area contributed by atoms with Crippen molar-refractivity contribution in [3.63, 3.8) is 0 Å². The molecule has 0 unspecified atom stereocenters. The Kier molecular flexibility index (Phi) is 6.54. The van der Waals surface area contributed by atoms with Crippen LogP contribution in [0.2, 0.25) is 0 Å². The molecule has 1 N–H and O–H groups in total. The van der Waals surface area contributed by atoms with Gasteiger partial charge in [0.2, 0.25) is 0 Å². The lowest BCUT2D eigenvalue weighted by Gasteiger charge is -2.43. The summed E-state index contributed by atoms with van der Waals surface area (Å²) in [6.45, 7) is 6.26. The van der Waals surface area contributed by atoms with Crippen LogP contribution in [-0.4, -0.2) is 60.7 Å². The predicted molar refractivity (Wildman–Crippen MR) is 112 cm³/mol. The Balaban J connectivity index is 1.77. The van der Waals surface area contributed by atoms with Crippen LogP contribution in [0.15, 0.2) is 36.8 Å². The summed E-state index contributed by atoms with van der Waals surface area (Å²) in [5, 5.41) is 2.57. The second-order valence-electron chi connectivity index (χ2n) is 8.45. The van der Waals surface area contributed by atoms with E-state index in [4.69, 9.17) is 18.9 Å². The van der Waals surface area contributed by atoms with Gasteiger partial charge in [0.15, 0.2) is 0 Å². The fourth-order valence-corrected chi connectivity index (χ4v) is 3.36. The topological polar surface area (TPSA) is 101 Å². The average Bonchev–Trinajstić information content (AvgIpc) is 3.13. The third-order valence-corrected chi connectivity index (χ3v) is 5.03. The van der Waals surface area contributed by atoms with Crippen molar-refractivity contribution in [2.75, 3.05) is 27.4 Å². The van der Waals surface area contributed by atoms with Crippen molar-refractivity contribution < 1.29 is 28.5 Å². The molecule has 0 spiro atoms. The average molecular weight is 431 g/mol. The minimum atomic E-state index is -0.919. The van der Waals surface area contributed by atoms with Gasteiger partial charge in [-0.15, -0.1) is 0 Å². The maximum Gasteiger partial charge on any atom is 0.408 e. The number of hydrogen-bond donors (Lipinski definition) is 1. The normalized spacial score (nSPS) is 16.0. The van der Waals surface area contributed by atoms with Crippen molar-refractivity contribution in [3.05, 3.63) is 48.0 Å². The smallest absolute Gasteiger partial charge is 0.408 e. The van der Waals surface area contributed by atoms with Crippen molar-refractivity contribution in [3.8, 4) is 5.75 Å². The molecule has 1 aliphatic rings. The van der Waals surface area contributed by atoms with E-state index < -0.39 is 23.7 Å². The Morgan fingerprint density at radius 1 is 1.23 bits per heavy atom. The van der Waals surface area contributed by atoms with Crippen LogP contribution in [0.25, 0.3) is 0 Å². The van der Waals surface area contributed by atoms with E-state index in [0.29, 0.717) is 18.9 Å². The number of hydrogen-bond acceptors (Lipinski definition) is 7. The van der Waals surface area contributed by atoms with Gasteiger partial charge in [0.1, 0.15) is 22.9 Å². The molecule has 2 heterocycles. The van der Waals surface area contributed by atoms with Gasteiger partial charge < -0.3 is 28.8 Å². The molecule has 1 aromatic heterocycles. The van der Waals surface area contributed by atoms with E-state index in [2.05, 4.69) is 10.3 Å². The van der Waals surface area contributed by atoms with Gasteiger partial charge in [-0.1, -0.05) is 12.1 Å². The number of methoxy groups -OCH3 is 2. The quantitative estimate of drug-likeness (QED) is 0.671. The molecule has 0 saturated carbocycles. The highest BCUT2D eigenvalue weighted by Gasteiger charge is 2.42. The number of rotatable bonds is 7. The zero-order valence-corrected chi connectivity index (χ0v) is 18.5. The molecule has 1 aromatic carbocycles. The van der Waals surface area contributed by atoms with E-state index in [0.717, 1.165) is 11.3 Å². The van der Waals surface area contributed by atoms with Gasteiger partial charge in [0.25, 0.3) is 0 Å². The molecule has 1 amide bonds. The van der Waals surface area contributed by atoms with Crippen molar-refractivity contribution in [2.24, 2.45) is 0 Å². The molecular formula is C22H29N3O6. The Hall–Kier alpha value is -3.07. The maximum absolute atomic E-state index is 12.2. The van der Waals surface area contributed by atoms with E-state index in [9.17, 15) is 9.59 Å². The summed E-state index contributed by atoms with van der Waals surface area (Å²) in [4.78, 5) is 28.8. The Morgan fingerprint density at radius 2 is 1.90 bits per heavy atom. The Labute approximate surface area is 181 Å². The minimum absolute atomic E-state index is 0.165. The highest BCUT2D eigenvalue weighted by Crippen LogP contribution is 2.35. The first-order valence-electron chi connectivity index (χ1n) is 10.00. The number of nitrogens with zero attached hydrogens (tertiary/aromatic N) is 2. The molecule has 0 aliphatic carbocycles. The molecule has 1 aliphatic heterocycles. The van der Waals surface area contributed by atoms with Crippen molar-refractivity contribution in [2.45, 2.75) is 44.4 Å².